The lowest BCUT2D eigenvalue weighted by molar-refractivity contribution is 0.0923. The van der Waals surface area contributed by atoms with Crippen molar-refractivity contribution in [3.63, 3.8) is 0 Å². The summed E-state index contributed by atoms with van der Waals surface area (Å²) in [7, 11) is 3.96. The van der Waals surface area contributed by atoms with Crippen molar-refractivity contribution in [2.45, 2.75) is 44.7 Å². The maximum Gasteiger partial charge on any atom is 0.257 e. The van der Waals surface area contributed by atoms with Crippen LogP contribution in [0.3, 0.4) is 0 Å². The van der Waals surface area contributed by atoms with Gasteiger partial charge in [-0.05, 0) is 91.6 Å². The van der Waals surface area contributed by atoms with Gasteiger partial charge in [0.15, 0.2) is 0 Å². The van der Waals surface area contributed by atoms with Crippen LogP contribution >= 0.6 is 22.6 Å². The Balaban J connectivity index is 1.33. The Hall–Kier alpha value is -2.95. The smallest absolute Gasteiger partial charge is 0.257 e. The number of nitrogens with one attached hydrogen (secondary N) is 2. The number of pyridine rings is 1. The van der Waals surface area contributed by atoms with Crippen molar-refractivity contribution < 1.29 is 9.53 Å². The number of nitrogens with zero attached hydrogens (tertiary/aromatic N) is 4. The standard InChI is InChI=1S/C25H29IN6O2/c1-16-15-28-25(31-22(16)32(2)3)30-19-10-8-18(9-11-19)29-23(33)21-5-4-14-27-24(21)34-20-12-6-17(26)7-13-20/h4-7,12-15,18-19H,8-11H2,1-3H3,(H,29,33)(H,28,30,31)/t18-,19+. The molecule has 178 valence electrons. The molecule has 0 spiro atoms. The molecule has 0 radical (unpaired) electrons. The van der Waals surface area contributed by atoms with Gasteiger partial charge in [0.2, 0.25) is 11.8 Å². The summed E-state index contributed by atoms with van der Waals surface area (Å²) in [5.74, 6) is 2.36. The number of carbonyl (C=O) groups excluding carboxylic acids is 1. The first kappa shape index (κ1) is 24.2. The van der Waals surface area contributed by atoms with Gasteiger partial charge in [0.05, 0.1) is 0 Å². The molecule has 0 aliphatic heterocycles. The molecular weight excluding hydrogens is 543 g/mol. The van der Waals surface area contributed by atoms with Gasteiger partial charge in [0.1, 0.15) is 17.1 Å². The number of benzene rings is 1. The number of aromatic nitrogens is 3. The minimum atomic E-state index is -0.164. The van der Waals surface area contributed by atoms with Crippen LogP contribution in [0.2, 0.25) is 0 Å². The summed E-state index contributed by atoms with van der Waals surface area (Å²) in [5.41, 5.74) is 1.48. The first-order valence-corrected chi connectivity index (χ1v) is 12.4. The molecule has 2 aromatic heterocycles. The number of rotatable bonds is 7. The van der Waals surface area contributed by atoms with Gasteiger partial charge >= 0.3 is 0 Å². The highest BCUT2D eigenvalue weighted by atomic mass is 127. The highest BCUT2D eigenvalue weighted by Crippen LogP contribution is 2.26. The van der Waals surface area contributed by atoms with Gasteiger partial charge in [-0.15, -0.1) is 0 Å². The van der Waals surface area contributed by atoms with Crippen LogP contribution in [0.5, 0.6) is 11.6 Å². The van der Waals surface area contributed by atoms with E-state index in [0.717, 1.165) is 40.6 Å². The summed E-state index contributed by atoms with van der Waals surface area (Å²) in [5, 5.41) is 6.62. The number of carbonyl (C=O) groups is 1. The third-order valence-electron chi connectivity index (χ3n) is 5.81. The fourth-order valence-corrected chi connectivity index (χ4v) is 4.40. The summed E-state index contributed by atoms with van der Waals surface area (Å²) >= 11 is 2.24. The van der Waals surface area contributed by atoms with Gasteiger partial charge in [-0.1, -0.05) is 0 Å². The fraction of sp³-hybridized carbons (Fsp3) is 0.360. The van der Waals surface area contributed by atoms with Gasteiger partial charge < -0.3 is 20.3 Å². The summed E-state index contributed by atoms with van der Waals surface area (Å²) in [4.78, 5) is 28.3. The van der Waals surface area contributed by atoms with E-state index in [9.17, 15) is 4.79 Å². The first-order valence-electron chi connectivity index (χ1n) is 11.4. The molecule has 0 bridgehead atoms. The zero-order valence-corrected chi connectivity index (χ0v) is 21.7. The number of aryl methyl sites for hydroxylation is 1. The average Bonchev–Trinajstić information content (AvgIpc) is 2.83. The molecule has 1 aromatic carbocycles. The first-order chi connectivity index (χ1) is 16.4. The SMILES string of the molecule is Cc1cnc(N[C@H]2CC[C@@H](NC(=O)c3cccnc3Oc3ccc(I)cc3)CC2)nc1N(C)C. The predicted molar refractivity (Wildman–Crippen MR) is 142 cm³/mol. The third-order valence-corrected chi connectivity index (χ3v) is 6.53. The van der Waals surface area contributed by atoms with Crippen LogP contribution in [0.4, 0.5) is 11.8 Å². The molecule has 1 amide bonds. The lowest BCUT2D eigenvalue weighted by atomic mass is 9.91. The predicted octanol–water partition coefficient (Wildman–Crippen LogP) is 4.80. The summed E-state index contributed by atoms with van der Waals surface area (Å²) in [6, 6.07) is 11.5. The Labute approximate surface area is 213 Å². The van der Waals surface area contributed by atoms with Gasteiger partial charge in [-0.25, -0.2) is 9.97 Å². The Morgan fingerprint density at radius 1 is 1.06 bits per heavy atom. The normalized spacial score (nSPS) is 17.6. The van der Waals surface area contributed by atoms with E-state index in [2.05, 4.69) is 48.2 Å². The van der Waals surface area contributed by atoms with Crippen LogP contribution in [0.25, 0.3) is 0 Å². The molecule has 0 atom stereocenters. The molecule has 0 saturated heterocycles. The van der Waals surface area contributed by atoms with Crippen LogP contribution < -0.4 is 20.3 Å². The molecule has 1 aliphatic carbocycles. The topological polar surface area (TPSA) is 92.3 Å². The van der Waals surface area contributed by atoms with E-state index < -0.39 is 0 Å². The Bertz CT molecular complexity index is 1130. The molecule has 4 rings (SSSR count). The lowest BCUT2D eigenvalue weighted by Crippen LogP contribution is -2.40. The molecule has 0 unspecified atom stereocenters. The highest BCUT2D eigenvalue weighted by molar-refractivity contribution is 14.1. The van der Waals surface area contributed by atoms with Gasteiger partial charge in [0.25, 0.3) is 5.91 Å². The zero-order chi connectivity index (χ0) is 24.1. The largest absolute Gasteiger partial charge is 0.438 e. The van der Waals surface area contributed by atoms with Crippen molar-refractivity contribution in [1.29, 1.82) is 0 Å². The van der Waals surface area contributed by atoms with Crippen molar-refractivity contribution in [2.24, 2.45) is 0 Å². The van der Waals surface area contributed by atoms with Gasteiger partial charge in [-0.2, -0.15) is 4.98 Å². The van der Waals surface area contributed by atoms with Crippen molar-refractivity contribution in [1.82, 2.24) is 20.3 Å². The quantitative estimate of drug-likeness (QED) is 0.394. The average molecular weight is 572 g/mol. The molecule has 3 aromatic rings. The van der Waals surface area contributed by atoms with Crippen molar-refractivity contribution >= 4 is 40.3 Å². The second-order valence-electron chi connectivity index (χ2n) is 8.67. The van der Waals surface area contributed by atoms with E-state index in [1.807, 2.05) is 56.4 Å². The molecule has 34 heavy (non-hydrogen) atoms. The van der Waals surface area contributed by atoms with Crippen molar-refractivity contribution in [3.8, 4) is 11.6 Å². The fourth-order valence-electron chi connectivity index (χ4n) is 4.04. The summed E-state index contributed by atoms with van der Waals surface area (Å²) in [6.45, 7) is 2.01. The number of halogens is 1. The molecule has 2 heterocycles. The van der Waals surface area contributed by atoms with Crippen LogP contribution in [0.1, 0.15) is 41.6 Å². The molecule has 1 aliphatic rings. The monoisotopic (exact) mass is 572 g/mol. The van der Waals surface area contributed by atoms with Crippen LogP contribution in [-0.4, -0.2) is 47.0 Å². The molecule has 8 nitrogen and oxygen atoms in total. The molecule has 9 heteroatoms. The maximum atomic E-state index is 13.0. The zero-order valence-electron chi connectivity index (χ0n) is 19.6. The third kappa shape index (κ3) is 6.13. The number of hydrogen-bond acceptors (Lipinski definition) is 7. The Kier molecular flexibility index (Phi) is 7.81. The van der Waals surface area contributed by atoms with Gasteiger partial charge in [-0.3, -0.25) is 4.79 Å². The van der Waals surface area contributed by atoms with E-state index >= 15 is 0 Å². The second-order valence-corrected chi connectivity index (χ2v) is 9.92. The second kappa shape index (κ2) is 11.0. The minimum Gasteiger partial charge on any atom is -0.438 e. The Morgan fingerprint density at radius 2 is 1.76 bits per heavy atom. The number of anilines is 2. The van der Waals surface area contributed by atoms with Crippen LogP contribution in [0, 0.1) is 10.5 Å². The van der Waals surface area contributed by atoms with Crippen molar-refractivity contribution in [2.75, 3.05) is 24.3 Å². The minimum absolute atomic E-state index is 0.105. The van der Waals surface area contributed by atoms with Crippen LogP contribution in [0.15, 0.2) is 48.8 Å². The van der Waals surface area contributed by atoms with E-state index in [-0.39, 0.29) is 18.0 Å². The summed E-state index contributed by atoms with van der Waals surface area (Å²) < 4.78 is 7.00. The highest BCUT2D eigenvalue weighted by Gasteiger charge is 2.25. The molecular formula is C25H29IN6O2. The summed E-state index contributed by atoms with van der Waals surface area (Å²) in [6.07, 6.45) is 7.09. The molecule has 2 N–H and O–H groups in total. The van der Waals surface area contributed by atoms with Gasteiger partial charge in [0, 0.05) is 47.7 Å². The molecule has 1 fully saturated rings. The maximum absolute atomic E-state index is 13.0. The molecule has 1 saturated carbocycles. The van der Waals surface area contributed by atoms with E-state index in [1.54, 1.807) is 18.3 Å². The number of hydrogen-bond donors (Lipinski definition) is 2. The van der Waals surface area contributed by atoms with E-state index in [1.165, 1.54) is 0 Å². The van der Waals surface area contributed by atoms with Crippen molar-refractivity contribution in [3.05, 3.63) is 63.5 Å². The Morgan fingerprint density at radius 3 is 2.47 bits per heavy atom. The number of ether oxygens (including phenoxy) is 1. The van der Waals surface area contributed by atoms with Crippen LogP contribution in [-0.2, 0) is 0 Å². The number of amides is 1. The van der Waals surface area contributed by atoms with E-state index in [4.69, 9.17) is 4.74 Å². The lowest BCUT2D eigenvalue weighted by Gasteiger charge is -2.30. The van der Waals surface area contributed by atoms with E-state index in [0.29, 0.717) is 23.1 Å².